The molecule has 2 aromatic carbocycles. The van der Waals surface area contributed by atoms with Gasteiger partial charge in [-0.1, -0.05) is 45.0 Å². The predicted octanol–water partition coefficient (Wildman–Crippen LogP) is 3.96. The molecule has 2 rings (SSSR count). The number of ether oxygens (including phenoxy) is 1. The zero-order valence-electron chi connectivity index (χ0n) is 18.2. The van der Waals surface area contributed by atoms with E-state index in [1.165, 1.54) is 12.1 Å². The summed E-state index contributed by atoms with van der Waals surface area (Å²) in [5.74, 6) is 0.359. The number of amides is 2. The van der Waals surface area contributed by atoms with Gasteiger partial charge in [-0.05, 0) is 47.7 Å². The molecule has 2 amide bonds. The second-order valence-corrected chi connectivity index (χ2v) is 7.74. The van der Waals surface area contributed by atoms with Crippen molar-refractivity contribution in [1.82, 2.24) is 10.2 Å². The zero-order chi connectivity index (χ0) is 22.1. The lowest BCUT2D eigenvalue weighted by atomic mass is 10.1. The van der Waals surface area contributed by atoms with Crippen LogP contribution >= 0.6 is 0 Å². The largest absolute Gasteiger partial charge is 0.497 e. The van der Waals surface area contributed by atoms with Crippen LogP contribution in [-0.4, -0.2) is 36.4 Å². The lowest BCUT2D eigenvalue weighted by Gasteiger charge is -2.31. The molecule has 0 aromatic heterocycles. The third-order valence-corrected chi connectivity index (χ3v) is 4.85. The molecule has 0 saturated carbocycles. The zero-order valence-corrected chi connectivity index (χ0v) is 18.2. The minimum Gasteiger partial charge on any atom is -0.497 e. The Morgan fingerprint density at radius 2 is 1.63 bits per heavy atom. The Bertz CT molecular complexity index is 819. The van der Waals surface area contributed by atoms with Gasteiger partial charge in [-0.25, -0.2) is 4.39 Å². The fourth-order valence-corrected chi connectivity index (χ4v) is 3.15. The topological polar surface area (TPSA) is 58.6 Å². The van der Waals surface area contributed by atoms with Crippen molar-refractivity contribution in [2.24, 2.45) is 5.92 Å². The standard InChI is InChI=1S/C24H31FN2O3/c1-5-22(24(29)26-15-17(2)3)27(16-19-8-12-21(30-4)13-9-19)23(28)14-18-6-10-20(25)11-7-18/h6-13,17,22H,5,14-16H2,1-4H3,(H,26,29). The van der Waals surface area contributed by atoms with Gasteiger partial charge in [0, 0.05) is 13.1 Å². The lowest BCUT2D eigenvalue weighted by Crippen LogP contribution is -2.50. The van der Waals surface area contributed by atoms with E-state index in [9.17, 15) is 14.0 Å². The Morgan fingerprint density at radius 1 is 1.03 bits per heavy atom. The van der Waals surface area contributed by atoms with Crippen molar-refractivity contribution < 1.29 is 18.7 Å². The second kappa shape index (κ2) is 11.3. The maximum Gasteiger partial charge on any atom is 0.242 e. The van der Waals surface area contributed by atoms with Gasteiger partial charge >= 0.3 is 0 Å². The fraction of sp³-hybridized carbons (Fsp3) is 0.417. The van der Waals surface area contributed by atoms with Crippen molar-refractivity contribution >= 4 is 11.8 Å². The first-order valence-electron chi connectivity index (χ1n) is 10.3. The van der Waals surface area contributed by atoms with Crippen LogP contribution in [0.3, 0.4) is 0 Å². The van der Waals surface area contributed by atoms with Gasteiger partial charge in [-0.3, -0.25) is 9.59 Å². The summed E-state index contributed by atoms with van der Waals surface area (Å²) in [6.45, 7) is 6.80. The van der Waals surface area contributed by atoms with Gasteiger partial charge in [0.2, 0.25) is 11.8 Å². The molecule has 30 heavy (non-hydrogen) atoms. The normalized spacial score (nSPS) is 11.8. The summed E-state index contributed by atoms with van der Waals surface area (Å²) in [4.78, 5) is 27.6. The maximum atomic E-state index is 13.2. The molecule has 162 valence electrons. The lowest BCUT2D eigenvalue weighted by molar-refractivity contribution is -0.141. The molecule has 5 nitrogen and oxygen atoms in total. The highest BCUT2D eigenvalue weighted by Crippen LogP contribution is 2.17. The minimum absolute atomic E-state index is 0.102. The summed E-state index contributed by atoms with van der Waals surface area (Å²) in [5.41, 5.74) is 1.61. The number of nitrogens with one attached hydrogen (secondary N) is 1. The molecule has 6 heteroatoms. The Hall–Kier alpha value is -2.89. The molecule has 0 heterocycles. The van der Waals surface area contributed by atoms with Crippen LogP contribution in [0.2, 0.25) is 0 Å². The molecule has 0 saturated heterocycles. The minimum atomic E-state index is -0.584. The number of rotatable bonds is 10. The van der Waals surface area contributed by atoms with Crippen LogP contribution in [0.25, 0.3) is 0 Å². The number of benzene rings is 2. The molecule has 1 unspecified atom stereocenters. The predicted molar refractivity (Wildman–Crippen MR) is 116 cm³/mol. The molecule has 1 N–H and O–H groups in total. The Morgan fingerprint density at radius 3 is 2.17 bits per heavy atom. The van der Waals surface area contributed by atoms with Crippen molar-refractivity contribution in [2.75, 3.05) is 13.7 Å². The van der Waals surface area contributed by atoms with Gasteiger partial charge in [0.05, 0.1) is 13.5 Å². The van der Waals surface area contributed by atoms with E-state index < -0.39 is 6.04 Å². The van der Waals surface area contributed by atoms with E-state index in [0.717, 1.165) is 11.3 Å². The van der Waals surface area contributed by atoms with Crippen molar-refractivity contribution in [1.29, 1.82) is 0 Å². The van der Waals surface area contributed by atoms with Crippen LogP contribution in [-0.2, 0) is 22.6 Å². The smallest absolute Gasteiger partial charge is 0.242 e. The molecule has 0 spiro atoms. The van der Waals surface area contributed by atoms with Crippen molar-refractivity contribution in [3.8, 4) is 5.75 Å². The van der Waals surface area contributed by atoms with E-state index >= 15 is 0 Å². The average Bonchev–Trinajstić information content (AvgIpc) is 2.74. The summed E-state index contributed by atoms with van der Waals surface area (Å²) in [7, 11) is 1.60. The highest BCUT2D eigenvalue weighted by atomic mass is 19.1. The molecule has 0 aliphatic carbocycles. The van der Waals surface area contributed by atoms with Crippen molar-refractivity contribution in [2.45, 2.75) is 46.2 Å². The van der Waals surface area contributed by atoms with Gasteiger partial charge in [-0.2, -0.15) is 0 Å². The summed E-state index contributed by atoms with van der Waals surface area (Å²) < 4.78 is 18.4. The first-order chi connectivity index (χ1) is 14.3. The summed E-state index contributed by atoms with van der Waals surface area (Å²) in [6.07, 6.45) is 0.597. The number of nitrogens with zero attached hydrogens (tertiary/aromatic N) is 1. The van der Waals surface area contributed by atoms with Crippen LogP contribution in [0.1, 0.15) is 38.3 Å². The molecule has 0 fully saturated rings. The number of methoxy groups -OCH3 is 1. The fourth-order valence-electron chi connectivity index (χ4n) is 3.15. The maximum absolute atomic E-state index is 13.2. The van der Waals surface area contributed by atoms with E-state index in [2.05, 4.69) is 5.32 Å². The number of carbonyl (C=O) groups is 2. The van der Waals surface area contributed by atoms with E-state index in [4.69, 9.17) is 4.74 Å². The molecular weight excluding hydrogens is 383 g/mol. The number of hydrogen-bond acceptors (Lipinski definition) is 3. The number of hydrogen-bond donors (Lipinski definition) is 1. The average molecular weight is 415 g/mol. The van der Waals surface area contributed by atoms with Crippen LogP contribution in [0.4, 0.5) is 4.39 Å². The van der Waals surface area contributed by atoms with Crippen molar-refractivity contribution in [3.63, 3.8) is 0 Å². The van der Waals surface area contributed by atoms with Crippen LogP contribution in [0.15, 0.2) is 48.5 Å². The SMILES string of the molecule is CCC(C(=O)NCC(C)C)N(Cc1ccc(OC)cc1)C(=O)Cc1ccc(F)cc1. The molecule has 0 radical (unpaired) electrons. The van der Waals surface area contributed by atoms with Gasteiger partial charge in [-0.15, -0.1) is 0 Å². The van der Waals surface area contributed by atoms with E-state index in [0.29, 0.717) is 31.0 Å². The summed E-state index contributed by atoms with van der Waals surface area (Å²) >= 11 is 0. The molecule has 0 aliphatic rings. The van der Waals surface area contributed by atoms with Crippen LogP contribution in [0, 0.1) is 11.7 Å². The van der Waals surface area contributed by atoms with Gasteiger partial charge in [0.15, 0.2) is 0 Å². The van der Waals surface area contributed by atoms with E-state index in [1.807, 2.05) is 45.0 Å². The number of halogens is 1. The monoisotopic (exact) mass is 414 g/mol. The Kier molecular flexibility index (Phi) is 8.84. The highest BCUT2D eigenvalue weighted by Gasteiger charge is 2.28. The van der Waals surface area contributed by atoms with Gasteiger partial charge < -0.3 is 15.0 Å². The first kappa shape index (κ1) is 23.4. The van der Waals surface area contributed by atoms with Crippen LogP contribution < -0.4 is 10.1 Å². The molecule has 0 aliphatic heterocycles. The van der Waals surface area contributed by atoms with Gasteiger partial charge in [0.25, 0.3) is 0 Å². The van der Waals surface area contributed by atoms with E-state index in [1.54, 1.807) is 24.1 Å². The van der Waals surface area contributed by atoms with Crippen LogP contribution in [0.5, 0.6) is 5.75 Å². The summed E-state index contributed by atoms with van der Waals surface area (Å²) in [5, 5.41) is 2.94. The van der Waals surface area contributed by atoms with Crippen molar-refractivity contribution in [3.05, 3.63) is 65.5 Å². The Labute approximate surface area is 178 Å². The third-order valence-electron chi connectivity index (χ3n) is 4.85. The molecule has 2 aromatic rings. The van der Waals surface area contributed by atoms with Gasteiger partial charge in [0.1, 0.15) is 17.6 Å². The molecule has 1 atom stereocenters. The number of carbonyl (C=O) groups excluding carboxylic acids is 2. The Balaban J connectivity index is 2.25. The first-order valence-corrected chi connectivity index (χ1v) is 10.3. The molecular formula is C24H31FN2O3. The summed E-state index contributed by atoms with van der Waals surface area (Å²) in [6, 6.07) is 12.7. The third kappa shape index (κ3) is 6.87. The second-order valence-electron chi connectivity index (χ2n) is 7.74. The highest BCUT2D eigenvalue weighted by molar-refractivity contribution is 5.88. The quantitative estimate of drug-likeness (QED) is 0.640. The molecule has 0 bridgehead atoms. The van der Waals surface area contributed by atoms with E-state index in [-0.39, 0.29) is 24.1 Å².